The van der Waals surface area contributed by atoms with Crippen LogP contribution < -0.4 is 15.4 Å². The molecule has 27 heavy (non-hydrogen) atoms. The minimum Gasteiger partial charge on any atom is -0.479 e. The lowest BCUT2D eigenvalue weighted by Crippen LogP contribution is -2.36. The first-order chi connectivity index (χ1) is 13.0. The molecular weight excluding hydrogens is 423 g/mol. The van der Waals surface area contributed by atoms with Crippen molar-refractivity contribution >= 4 is 39.4 Å². The van der Waals surface area contributed by atoms with Crippen LogP contribution >= 0.6 is 15.9 Å². The lowest BCUT2D eigenvalue weighted by molar-refractivity contribution is -0.150. The Morgan fingerprint density at radius 3 is 2.41 bits per heavy atom. The molecule has 7 nitrogen and oxygen atoms in total. The van der Waals surface area contributed by atoms with Gasteiger partial charge in [-0.15, -0.1) is 0 Å². The lowest BCUT2D eigenvalue weighted by atomic mass is 10.3. The monoisotopic (exact) mass is 438 g/mol. The van der Waals surface area contributed by atoms with Crippen LogP contribution in [0.15, 0.2) is 53.0 Å². The van der Waals surface area contributed by atoms with Gasteiger partial charge in [0.05, 0.1) is 12.2 Å². The average molecular weight is 439 g/mol. The molecular formula is C18H16BrFN2O5. The minimum absolute atomic E-state index is 0.0948. The van der Waals surface area contributed by atoms with Crippen molar-refractivity contribution in [2.24, 2.45) is 0 Å². The second-order valence-corrected chi connectivity index (χ2v) is 6.04. The van der Waals surface area contributed by atoms with Crippen molar-refractivity contribution in [1.82, 2.24) is 5.32 Å². The van der Waals surface area contributed by atoms with Gasteiger partial charge in [-0.25, -0.2) is 9.18 Å². The molecule has 0 aliphatic rings. The van der Waals surface area contributed by atoms with Crippen LogP contribution in [0, 0.1) is 5.82 Å². The topological polar surface area (TPSA) is 93.7 Å². The van der Waals surface area contributed by atoms with E-state index < -0.39 is 36.8 Å². The van der Waals surface area contributed by atoms with Crippen molar-refractivity contribution in [2.75, 3.05) is 25.1 Å². The van der Waals surface area contributed by atoms with Gasteiger partial charge < -0.3 is 20.1 Å². The fraction of sp³-hybridized carbons (Fsp3) is 0.167. The maximum atomic E-state index is 13.3. The summed E-state index contributed by atoms with van der Waals surface area (Å²) < 4.78 is 23.7. The second-order valence-electron chi connectivity index (χ2n) is 5.18. The molecule has 0 spiro atoms. The Morgan fingerprint density at radius 1 is 0.963 bits per heavy atom. The Hall–Kier alpha value is -2.94. The second kappa shape index (κ2) is 10.3. The molecule has 142 valence electrons. The number of anilines is 1. The van der Waals surface area contributed by atoms with Crippen molar-refractivity contribution in [3.63, 3.8) is 0 Å². The highest BCUT2D eigenvalue weighted by atomic mass is 79.9. The summed E-state index contributed by atoms with van der Waals surface area (Å²) in [6.07, 6.45) is 0. The molecule has 0 aliphatic heterocycles. The van der Waals surface area contributed by atoms with E-state index in [1.54, 1.807) is 30.3 Å². The zero-order chi connectivity index (χ0) is 19.6. The summed E-state index contributed by atoms with van der Waals surface area (Å²) in [5.74, 6) is -2.64. The SMILES string of the molecule is O=C(COC(=O)COc1ccccc1F)NCC(=O)Nc1ccccc1Br. The molecule has 0 aliphatic carbocycles. The summed E-state index contributed by atoms with van der Waals surface area (Å²) in [6, 6.07) is 12.6. The van der Waals surface area contributed by atoms with E-state index in [4.69, 9.17) is 9.47 Å². The number of benzene rings is 2. The maximum Gasteiger partial charge on any atom is 0.344 e. The Kier molecular flexibility index (Phi) is 7.75. The van der Waals surface area contributed by atoms with Crippen molar-refractivity contribution < 1.29 is 28.2 Å². The van der Waals surface area contributed by atoms with Crippen LogP contribution in [0.1, 0.15) is 0 Å². The van der Waals surface area contributed by atoms with Crippen LogP contribution in [0.25, 0.3) is 0 Å². The van der Waals surface area contributed by atoms with Crippen LogP contribution in [0.2, 0.25) is 0 Å². The van der Waals surface area contributed by atoms with Crippen LogP contribution in [-0.2, 0) is 19.1 Å². The van der Waals surface area contributed by atoms with Gasteiger partial charge in [-0.2, -0.15) is 0 Å². The normalized spacial score (nSPS) is 10.0. The number of carbonyl (C=O) groups excluding carboxylic acids is 3. The van der Waals surface area contributed by atoms with E-state index >= 15 is 0 Å². The quantitative estimate of drug-likeness (QED) is 0.616. The predicted octanol–water partition coefficient (Wildman–Crippen LogP) is 2.27. The summed E-state index contributed by atoms with van der Waals surface area (Å²) in [4.78, 5) is 34.9. The van der Waals surface area contributed by atoms with E-state index in [-0.39, 0.29) is 12.3 Å². The van der Waals surface area contributed by atoms with Gasteiger partial charge in [0.25, 0.3) is 5.91 Å². The number of ether oxygens (including phenoxy) is 2. The molecule has 2 aromatic carbocycles. The van der Waals surface area contributed by atoms with Gasteiger partial charge in [0.2, 0.25) is 5.91 Å². The number of hydrogen-bond donors (Lipinski definition) is 2. The number of esters is 1. The third kappa shape index (κ3) is 7.06. The molecule has 9 heteroatoms. The third-order valence-corrected chi connectivity index (χ3v) is 3.83. The minimum atomic E-state index is -0.842. The Bertz CT molecular complexity index is 831. The van der Waals surface area contributed by atoms with Gasteiger partial charge in [-0.1, -0.05) is 24.3 Å². The summed E-state index contributed by atoms with van der Waals surface area (Å²) in [7, 11) is 0. The Labute approximate surface area is 163 Å². The Morgan fingerprint density at radius 2 is 1.67 bits per heavy atom. The standard InChI is InChI=1S/C18H16BrFN2O5/c19-12-5-1-3-7-14(12)22-16(23)9-21-17(24)10-27-18(25)11-26-15-8-4-2-6-13(15)20/h1-8H,9-11H2,(H,21,24)(H,22,23). The van der Waals surface area contributed by atoms with Crippen molar-refractivity contribution in [2.45, 2.75) is 0 Å². The summed E-state index contributed by atoms with van der Waals surface area (Å²) in [5, 5.41) is 4.93. The van der Waals surface area contributed by atoms with E-state index in [1.807, 2.05) is 0 Å². The van der Waals surface area contributed by atoms with Crippen LogP contribution in [0.4, 0.5) is 10.1 Å². The number of para-hydroxylation sites is 2. The first-order valence-corrected chi connectivity index (χ1v) is 8.59. The molecule has 0 fully saturated rings. The fourth-order valence-electron chi connectivity index (χ4n) is 1.87. The fourth-order valence-corrected chi connectivity index (χ4v) is 2.26. The first-order valence-electron chi connectivity index (χ1n) is 7.79. The summed E-state index contributed by atoms with van der Waals surface area (Å²) in [6.45, 7) is -1.41. The molecule has 0 bridgehead atoms. The molecule has 0 saturated carbocycles. The smallest absolute Gasteiger partial charge is 0.344 e. The summed E-state index contributed by atoms with van der Waals surface area (Å²) in [5.41, 5.74) is 0.563. The van der Waals surface area contributed by atoms with E-state index in [1.165, 1.54) is 18.2 Å². The number of halogens is 2. The van der Waals surface area contributed by atoms with Gasteiger partial charge in [0, 0.05) is 4.47 Å². The number of carbonyl (C=O) groups is 3. The van der Waals surface area contributed by atoms with Crippen molar-refractivity contribution in [3.05, 3.63) is 58.8 Å². The summed E-state index contributed by atoms with van der Waals surface area (Å²) >= 11 is 3.29. The van der Waals surface area contributed by atoms with E-state index in [9.17, 15) is 18.8 Å². The molecule has 0 aromatic heterocycles. The van der Waals surface area contributed by atoms with Crippen LogP contribution in [0.5, 0.6) is 5.75 Å². The zero-order valence-corrected chi connectivity index (χ0v) is 15.6. The molecule has 2 rings (SSSR count). The molecule has 2 N–H and O–H groups in total. The highest BCUT2D eigenvalue weighted by Gasteiger charge is 2.11. The molecule has 0 heterocycles. The largest absolute Gasteiger partial charge is 0.479 e. The van der Waals surface area contributed by atoms with Crippen LogP contribution in [0.3, 0.4) is 0 Å². The van der Waals surface area contributed by atoms with E-state index in [2.05, 4.69) is 26.6 Å². The van der Waals surface area contributed by atoms with Crippen molar-refractivity contribution in [1.29, 1.82) is 0 Å². The first kappa shape index (κ1) is 20.4. The molecule has 0 saturated heterocycles. The highest BCUT2D eigenvalue weighted by Crippen LogP contribution is 2.20. The molecule has 2 amide bonds. The van der Waals surface area contributed by atoms with Gasteiger partial charge in [0.1, 0.15) is 0 Å². The van der Waals surface area contributed by atoms with Gasteiger partial charge in [-0.3, -0.25) is 9.59 Å². The van der Waals surface area contributed by atoms with Crippen molar-refractivity contribution in [3.8, 4) is 5.75 Å². The average Bonchev–Trinajstić information content (AvgIpc) is 2.66. The predicted molar refractivity (Wildman–Crippen MR) is 98.6 cm³/mol. The number of hydrogen-bond acceptors (Lipinski definition) is 5. The lowest BCUT2D eigenvalue weighted by Gasteiger charge is -2.09. The number of rotatable bonds is 8. The molecule has 0 unspecified atom stereocenters. The van der Waals surface area contributed by atoms with Gasteiger partial charge in [-0.05, 0) is 40.2 Å². The number of nitrogens with one attached hydrogen (secondary N) is 2. The zero-order valence-electron chi connectivity index (χ0n) is 14.0. The van der Waals surface area contributed by atoms with Gasteiger partial charge >= 0.3 is 5.97 Å². The molecule has 2 aromatic rings. The van der Waals surface area contributed by atoms with E-state index in [0.717, 1.165) is 0 Å². The highest BCUT2D eigenvalue weighted by molar-refractivity contribution is 9.10. The van der Waals surface area contributed by atoms with Gasteiger partial charge in [0.15, 0.2) is 24.8 Å². The maximum absolute atomic E-state index is 13.3. The van der Waals surface area contributed by atoms with Crippen LogP contribution in [-0.4, -0.2) is 37.5 Å². The van der Waals surface area contributed by atoms with E-state index in [0.29, 0.717) is 10.2 Å². The number of amides is 2. The molecule has 0 atom stereocenters. The molecule has 0 radical (unpaired) electrons. The third-order valence-electron chi connectivity index (χ3n) is 3.14. The Balaban J connectivity index is 1.65.